The lowest BCUT2D eigenvalue weighted by molar-refractivity contribution is -0.138. The number of esters is 1. The first kappa shape index (κ1) is 21.4. The van der Waals surface area contributed by atoms with Crippen molar-refractivity contribution in [3.05, 3.63) is 29.8 Å². The number of hydrazine groups is 1. The number of rotatable bonds is 6. The Morgan fingerprint density at radius 1 is 1.12 bits per heavy atom. The molecule has 2 amide bonds. The minimum absolute atomic E-state index is 0.125. The molecule has 0 bridgehead atoms. The van der Waals surface area contributed by atoms with Gasteiger partial charge in [0.2, 0.25) is 5.91 Å². The van der Waals surface area contributed by atoms with E-state index in [-0.39, 0.29) is 18.2 Å². The van der Waals surface area contributed by atoms with Crippen LogP contribution in [0.15, 0.2) is 24.3 Å². The molecular weight excluding hydrogens is 338 g/mol. The molecule has 0 aromatic heterocycles. The van der Waals surface area contributed by atoms with Crippen molar-refractivity contribution in [3.8, 4) is 5.75 Å². The molecule has 0 saturated heterocycles. The van der Waals surface area contributed by atoms with Crippen molar-refractivity contribution in [1.82, 2.24) is 10.7 Å². The summed E-state index contributed by atoms with van der Waals surface area (Å²) in [4.78, 5) is 35.5. The number of nitrogens with one attached hydrogen (secondary N) is 2. The van der Waals surface area contributed by atoms with Gasteiger partial charge in [-0.2, -0.15) is 0 Å². The zero-order valence-electron chi connectivity index (χ0n) is 15.8. The van der Waals surface area contributed by atoms with Gasteiger partial charge in [-0.15, -0.1) is 0 Å². The van der Waals surface area contributed by atoms with Gasteiger partial charge in [-0.1, -0.05) is 26.0 Å². The van der Waals surface area contributed by atoms with Gasteiger partial charge in [0.1, 0.15) is 17.4 Å². The maximum Gasteiger partial charge on any atom is 0.408 e. The van der Waals surface area contributed by atoms with Crippen LogP contribution in [0.1, 0.15) is 40.2 Å². The van der Waals surface area contributed by atoms with E-state index in [1.807, 2.05) is 5.43 Å². The molecule has 1 aromatic rings. The molecule has 1 atom stereocenters. The van der Waals surface area contributed by atoms with Crippen molar-refractivity contribution in [3.63, 3.8) is 0 Å². The molecule has 0 unspecified atom stereocenters. The normalized spacial score (nSPS) is 12.3. The van der Waals surface area contributed by atoms with Gasteiger partial charge in [-0.25, -0.2) is 15.4 Å². The largest absolute Gasteiger partial charge is 0.444 e. The van der Waals surface area contributed by atoms with Crippen molar-refractivity contribution in [2.45, 2.75) is 52.7 Å². The lowest BCUT2D eigenvalue weighted by Crippen LogP contribution is -2.48. The first-order valence-corrected chi connectivity index (χ1v) is 8.31. The van der Waals surface area contributed by atoms with E-state index in [1.165, 1.54) is 0 Å². The van der Waals surface area contributed by atoms with Crippen molar-refractivity contribution >= 4 is 18.0 Å². The molecular formula is C18H27N3O5. The van der Waals surface area contributed by atoms with Crippen LogP contribution in [0, 0.1) is 5.92 Å². The van der Waals surface area contributed by atoms with E-state index in [0.717, 1.165) is 5.56 Å². The summed E-state index contributed by atoms with van der Waals surface area (Å²) in [6.07, 6.45) is -0.559. The summed E-state index contributed by atoms with van der Waals surface area (Å²) in [6, 6.07) is 5.60. The second-order valence-corrected chi connectivity index (χ2v) is 7.18. The molecule has 1 aromatic carbocycles. The second kappa shape index (κ2) is 9.19. The Labute approximate surface area is 153 Å². The highest BCUT2D eigenvalue weighted by atomic mass is 16.6. The van der Waals surface area contributed by atoms with E-state index in [4.69, 9.17) is 15.3 Å². The van der Waals surface area contributed by atoms with Gasteiger partial charge in [0.05, 0.1) is 6.42 Å². The average Bonchev–Trinajstić information content (AvgIpc) is 2.52. The zero-order chi connectivity index (χ0) is 19.9. The van der Waals surface area contributed by atoms with Crippen LogP contribution in [-0.4, -0.2) is 29.6 Å². The Kier molecular flexibility index (Phi) is 7.57. The van der Waals surface area contributed by atoms with Crippen molar-refractivity contribution in [2.24, 2.45) is 11.8 Å². The molecule has 0 heterocycles. The monoisotopic (exact) mass is 365 g/mol. The van der Waals surface area contributed by atoms with E-state index in [1.54, 1.807) is 58.9 Å². The summed E-state index contributed by atoms with van der Waals surface area (Å²) in [5.41, 5.74) is 2.10. The minimum Gasteiger partial charge on any atom is -0.444 e. The number of carbonyl (C=O) groups is 3. The highest BCUT2D eigenvalue weighted by Gasteiger charge is 2.28. The SMILES string of the molecule is CC(C)[C@H](NC(=O)OC(C)(C)C)C(=O)Oc1ccc(CC(=O)NN)cc1. The molecule has 1 rings (SSSR count). The molecule has 4 N–H and O–H groups in total. The Morgan fingerprint density at radius 3 is 2.15 bits per heavy atom. The maximum atomic E-state index is 12.4. The number of amides is 2. The molecule has 0 aliphatic rings. The Morgan fingerprint density at radius 2 is 1.69 bits per heavy atom. The summed E-state index contributed by atoms with van der Waals surface area (Å²) in [6.45, 7) is 8.79. The lowest BCUT2D eigenvalue weighted by Gasteiger charge is -2.24. The average molecular weight is 365 g/mol. The van der Waals surface area contributed by atoms with Crippen LogP contribution < -0.4 is 21.3 Å². The molecule has 8 nitrogen and oxygen atoms in total. The second-order valence-electron chi connectivity index (χ2n) is 7.18. The molecule has 8 heteroatoms. The van der Waals surface area contributed by atoms with Crippen molar-refractivity contribution in [1.29, 1.82) is 0 Å². The van der Waals surface area contributed by atoms with Crippen LogP contribution in [0.3, 0.4) is 0 Å². The summed E-state index contributed by atoms with van der Waals surface area (Å²) in [5, 5.41) is 2.54. The highest BCUT2D eigenvalue weighted by Crippen LogP contribution is 2.15. The van der Waals surface area contributed by atoms with Crippen LogP contribution in [0.2, 0.25) is 0 Å². The molecule has 0 radical (unpaired) electrons. The Bertz CT molecular complexity index is 635. The fraction of sp³-hybridized carbons (Fsp3) is 0.500. The predicted octanol–water partition coefficient (Wildman–Crippen LogP) is 1.67. The number of alkyl carbamates (subject to hydrolysis) is 1. The quantitative estimate of drug-likeness (QED) is 0.232. The molecule has 0 spiro atoms. The van der Waals surface area contributed by atoms with E-state index in [0.29, 0.717) is 5.75 Å². The van der Waals surface area contributed by atoms with Gasteiger partial charge in [-0.3, -0.25) is 10.2 Å². The molecule has 0 aliphatic carbocycles. The first-order chi connectivity index (χ1) is 12.0. The first-order valence-electron chi connectivity index (χ1n) is 8.31. The lowest BCUT2D eigenvalue weighted by atomic mass is 10.1. The molecule has 26 heavy (non-hydrogen) atoms. The van der Waals surface area contributed by atoms with E-state index in [2.05, 4.69) is 5.32 Å². The van der Waals surface area contributed by atoms with Crippen molar-refractivity contribution in [2.75, 3.05) is 0 Å². The van der Waals surface area contributed by atoms with Crippen LogP contribution in [0.5, 0.6) is 5.75 Å². The van der Waals surface area contributed by atoms with Crippen molar-refractivity contribution < 1.29 is 23.9 Å². The zero-order valence-corrected chi connectivity index (χ0v) is 15.8. The smallest absolute Gasteiger partial charge is 0.408 e. The van der Waals surface area contributed by atoms with Crippen LogP contribution in [0.4, 0.5) is 4.79 Å². The fourth-order valence-electron chi connectivity index (χ4n) is 2.02. The van der Waals surface area contributed by atoms with Gasteiger partial charge in [0.25, 0.3) is 0 Å². The maximum absolute atomic E-state index is 12.4. The standard InChI is InChI=1S/C18H27N3O5/c1-11(2)15(20-17(24)26-18(3,4)5)16(23)25-13-8-6-12(7-9-13)10-14(22)21-19/h6-9,11,15H,10,19H2,1-5H3,(H,20,24)(H,21,22)/t15-/m0/s1. The van der Waals surface area contributed by atoms with E-state index < -0.39 is 23.7 Å². The van der Waals surface area contributed by atoms with E-state index >= 15 is 0 Å². The third kappa shape index (κ3) is 7.52. The van der Waals surface area contributed by atoms with Crippen LogP contribution in [0.25, 0.3) is 0 Å². The minimum atomic E-state index is -0.854. The number of hydrogen-bond donors (Lipinski definition) is 3. The number of nitrogens with two attached hydrogens (primary N) is 1. The number of benzene rings is 1. The topological polar surface area (TPSA) is 120 Å². The third-order valence-electron chi connectivity index (χ3n) is 3.26. The number of carbonyl (C=O) groups excluding carboxylic acids is 3. The Balaban J connectivity index is 2.72. The van der Waals surface area contributed by atoms with Crippen LogP contribution in [-0.2, 0) is 20.7 Å². The summed E-state index contributed by atoms with van der Waals surface area (Å²) in [7, 11) is 0. The highest BCUT2D eigenvalue weighted by molar-refractivity contribution is 5.83. The van der Waals surface area contributed by atoms with Gasteiger partial charge in [0, 0.05) is 0 Å². The van der Waals surface area contributed by atoms with Gasteiger partial charge >= 0.3 is 12.1 Å². The predicted molar refractivity (Wildman–Crippen MR) is 96.1 cm³/mol. The number of hydrogen-bond acceptors (Lipinski definition) is 6. The molecule has 0 saturated carbocycles. The summed E-state index contributed by atoms with van der Waals surface area (Å²) in [5.74, 6) is 4.24. The molecule has 0 fully saturated rings. The molecule has 0 aliphatic heterocycles. The van der Waals surface area contributed by atoms with Gasteiger partial charge < -0.3 is 14.8 Å². The Hall–Kier alpha value is -2.61. The van der Waals surface area contributed by atoms with Gasteiger partial charge in [-0.05, 0) is 44.4 Å². The third-order valence-corrected chi connectivity index (χ3v) is 3.26. The molecule has 144 valence electrons. The fourth-order valence-corrected chi connectivity index (χ4v) is 2.02. The van der Waals surface area contributed by atoms with E-state index in [9.17, 15) is 14.4 Å². The van der Waals surface area contributed by atoms with Gasteiger partial charge in [0.15, 0.2) is 0 Å². The number of ether oxygens (including phenoxy) is 2. The van der Waals surface area contributed by atoms with Crippen LogP contribution >= 0.6 is 0 Å². The summed E-state index contributed by atoms with van der Waals surface area (Å²) < 4.78 is 10.5. The summed E-state index contributed by atoms with van der Waals surface area (Å²) >= 11 is 0.